The zero-order chi connectivity index (χ0) is 17.3. The lowest BCUT2D eigenvalue weighted by Gasteiger charge is -2.47. The van der Waals surface area contributed by atoms with Crippen LogP contribution in [0.2, 0.25) is 0 Å². The summed E-state index contributed by atoms with van der Waals surface area (Å²) in [5, 5.41) is 4.27. The van der Waals surface area contributed by atoms with E-state index in [9.17, 15) is 4.79 Å². The van der Waals surface area contributed by atoms with Crippen LogP contribution in [0.1, 0.15) is 31.2 Å². The van der Waals surface area contributed by atoms with Gasteiger partial charge in [-0.25, -0.2) is 0 Å². The molecule has 0 N–H and O–H groups in total. The van der Waals surface area contributed by atoms with Crippen LogP contribution in [0.3, 0.4) is 0 Å². The van der Waals surface area contributed by atoms with Crippen LogP contribution >= 0.6 is 0 Å². The Kier molecular flexibility index (Phi) is 4.34. The smallest absolute Gasteiger partial charge is 0.234 e. The molecule has 1 aromatic carbocycles. The summed E-state index contributed by atoms with van der Waals surface area (Å²) in [7, 11) is 1.95. The van der Waals surface area contributed by atoms with Gasteiger partial charge in [-0.1, -0.05) is 18.2 Å². The van der Waals surface area contributed by atoms with Gasteiger partial charge in [0.25, 0.3) is 0 Å². The van der Waals surface area contributed by atoms with Crippen molar-refractivity contribution in [1.29, 1.82) is 0 Å². The van der Waals surface area contributed by atoms with Crippen LogP contribution in [-0.2, 0) is 18.4 Å². The van der Waals surface area contributed by atoms with E-state index in [0.29, 0.717) is 5.91 Å². The number of nitrogens with zero attached hydrogens (tertiary/aromatic N) is 4. The first kappa shape index (κ1) is 16.3. The second-order valence-electron chi connectivity index (χ2n) is 7.51. The molecule has 3 heterocycles. The number of likely N-dealkylation sites (tertiary alicyclic amines) is 1. The minimum Gasteiger partial charge on any atom is -0.312 e. The Balaban J connectivity index is 1.52. The predicted octanol–water partition coefficient (Wildman–Crippen LogP) is 2.83. The van der Waals surface area contributed by atoms with E-state index in [0.717, 1.165) is 57.5 Å². The lowest BCUT2D eigenvalue weighted by molar-refractivity contribution is -0.134. The lowest BCUT2D eigenvalue weighted by atomic mass is 9.72. The van der Waals surface area contributed by atoms with Crippen LogP contribution in [0.5, 0.6) is 0 Å². The molecule has 1 aromatic heterocycles. The zero-order valence-electron chi connectivity index (χ0n) is 14.9. The van der Waals surface area contributed by atoms with Crippen molar-refractivity contribution >= 4 is 11.6 Å². The third-order valence-corrected chi connectivity index (χ3v) is 5.62. The van der Waals surface area contributed by atoms with Crippen LogP contribution in [-0.4, -0.2) is 40.2 Å². The van der Waals surface area contributed by atoms with Crippen LogP contribution in [0, 0.1) is 5.41 Å². The van der Waals surface area contributed by atoms with Gasteiger partial charge in [0.1, 0.15) is 0 Å². The molecular weight excluding hydrogens is 312 g/mol. The van der Waals surface area contributed by atoms with Gasteiger partial charge in [0.05, 0.1) is 11.6 Å². The maximum atomic E-state index is 13.4. The molecular formula is C20H26N4O. The number of aryl methyl sites for hydroxylation is 1. The van der Waals surface area contributed by atoms with Crippen molar-refractivity contribution in [2.45, 2.75) is 32.2 Å². The number of anilines is 1. The van der Waals surface area contributed by atoms with Gasteiger partial charge in [0, 0.05) is 44.1 Å². The van der Waals surface area contributed by atoms with Gasteiger partial charge in [-0.05, 0) is 44.4 Å². The van der Waals surface area contributed by atoms with Crippen molar-refractivity contribution in [2.75, 3.05) is 24.5 Å². The summed E-state index contributed by atoms with van der Waals surface area (Å²) in [6.07, 6.45) is 8.20. The SMILES string of the molecule is Cn1cc(CN2CCCC3(CCCN(c4ccccc4)C3=O)C2)cn1. The van der Waals surface area contributed by atoms with Gasteiger partial charge >= 0.3 is 0 Å². The van der Waals surface area contributed by atoms with E-state index in [2.05, 4.69) is 16.2 Å². The van der Waals surface area contributed by atoms with Gasteiger partial charge < -0.3 is 4.90 Å². The summed E-state index contributed by atoms with van der Waals surface area (Å²) in [5.41, 5.74) is 2.05. The van der Waals surface area contributed by atoms with Crippen molar-refractivity contribution in [3.63, 3.8) is 0 Å². The number of benzene rings is 1. The molecule has 2 saturated heterocycles. The zero-order valence-corrected chi connectivity index (χ0v) is 14.9. The van der Waals surface area contributed by atoms with Crippen LogP contribution in [0.4, 0.5) is 5.69 Å². The maximum absolute atomic E-state index is 13.4. The van der Waals surface area contributed by atoms with Crippen molar-refractivity contribution < 1.29 is 4.79 Å². The van der Waals surface area contributed by atoms with Gasteiger partial charge in [-0.15, -0.1) is 0 Å². The predicted molar refractivity (Wildman–Crippen MR) is 98.2 cm³/mol. The number of amides is 1. The molecule has 4 rings (SSSR count). The lowest BCUT2D eigenvalue weighted by Crippen LogP contribution is -2.56. The summed E-state index contributed by atoms with van der Waals surface area (Å²) < 4.78 is 1.85. The van der Waals surface area contributed by atoms with E-state index in [1.807, 2.05) is 53.2 Å². The Morgan fingerprint density at radius 2 is 1.88 bits per heavy atom. The Labute approximate surface area is 149 Å². The summed E-state index contributed by atoms with van der Waals surface area (Å²) in [5.74, 6) is 0.320. The largest absolute Gasteiger partial charge is 0.312 e. The normalized spacial score (nSPS) is 24.8. The highest BCUT2D eigenvalue weighted by Gasteiger charge is 2.46. The summed E-state index contributed by atoms with van der Waals surface area (Å²) >= 11 is 0. The molecule has 132 valence electrons. The number of rotatable bonds is 3. The monoisotopic (exact) mass is 338 g/mol. The Morgan fingerprint density at radius 1 is 1.12 bits per heavy atom. The second kappa shape index (κ2) is 6.64. The number of aromatic nitrogens is 2. The molecule has 5 heteroatoms. The first-order chi connectivity index (χ1) is 12.2. The first-order valence-corrected chi connectivity index (χ1v) is 9.23. The van der Waals surface area contributed by atoms with Crippen LogP contribution in [0.15, 0.2) is 42.7 Å². The molecule has 25 heavy (non-hydrogen) atoms. The number of para-hydroxylation sites is 1. The Morgan fingerprint density at radius 3 is 2.60 bits per heavy atom. The summed E-state index contributed by atoms with van der Waals surface area (Å²) in [6, 6.07) is 10.1. The Bertz CT molecular complexity index is 737. The molecule has 0 bridgehead atoms. The molecule has 2 fully saturated rings. The first-order valence-electron chi connectivity index (χ1n) is 9.23. The highest BCUT2D eigenvalue weighted by atomic mass is 16.2. The minimum absolute atomic E-state index is 0.214. The fourth-order valence-electron chi connectivity index (χ4n) is 4.48. The second-order valence-corrected chi connectivity index (χ2v) is 7.51. The van der Waals surface area contributed by atoms with E-state index >= 15 is 0 Å². The third-order valence-electron chi connectivity index (χ3n) is 5.62. The van der Waals surface area contributed by atoms with Crippen LogP contribution < -0.4 is 4.90 Å². The quantitative estimate of drug-likeness (QED) is 0.864. The molecule has 2 aromatic rings. The molecule has 0 saturated carbocycles. The average Bonchev–Trinajstić information content (AvgIpc) is 3.03. The number of hydrogen-bond donors (Lipinski definition) is 0. The molecule has 1 amide bonds. The van der Waals surface area contributed by atoms with E-state index in [-0.39, 0.29) is 5.41 Å². The van der Waals surface area contributed by atoms with Gasteiger partial charge in [-0.2, -0.15) is 5.10 Å². The number of hydrogen-bond acceptors (Lipinski definition) is 3. The van der Waals surface area contributed by atoms with Crippen LogP contribution in [0.25, 0.3) is 0 Å². The summed E-state index contributed by atoms with van der Waals surface area (Å²) in [4.78, 5) is 17.8. The van der Waals surface area contributed by atoms with Gasteiger partial charge in [0.2, 0.25) is 5.91 Å². The third kappa shape index (κ3) is 3.21. The van der Waals surface area contributed by atoms with Gasteiger partial charge in [0.15, 0.2) is 0 Å². The number of piperidine rings is 2. The van der Waals surface area contributed by atoms with Crippen molar-refractivity contribution in [3.05, 3.63) is 48.3 Å². The molecule has 1 unspecified atom stereocenters. The highest BCUT2D eigenvalue weighted by Crippen LogP contribution is 2.41. The van der Waals surface area contributed by atoms with Crippen molar-refractivity contribution in [1.82, 2.24) is 14.7 Å². The fourth-order valence-corrected chi connectivity index (χ4v) is 4.48. The molecule has 0 radical (unpaired) electrons. The van der Waals surface area contributed by atoms with Gasteiger partial charge in [-0.3, -0.25) is 14.4 Å². The minimum atomic E-state index is -0.214. The standard InChI is InChI=1S/C20H26N4O/c1-22-14-17(13-21-22)15-23-11-5-9-20(16-23)10-6-12-24(19(20)25)18-7-3-2-4-8-18/h2-4,7-8,13-14H,5-6,9-12,15-16H2,1H3. The molecule has 2 aliphatic rings. The van der Waals surface area contributed by atoms with E-state index in [4.69, 9.17) is 0 Å². The van der Waals surface area contributed by atoms with E-state index in [1.54, 1.807) is 0 Å². The topological polar surface area (TPSA) is 41.4 Å². The fraction of sp³-hybridized carbons (Fsp3) is 0.500. The number of carbonyl (C=O) groups is 1. The molecule has 5 nitrogen and oxygen atoms in total. The number of carbonyl (C=O) groups excluding carboxylic acids is 1. The summed E-state index contributed by atoms with van der Waals surface area (Å²) in [6.45, 7) is 3.65. The van der Waals surface area contributed by atoms with E-state index < -0.39 is 0 Å². The molecule has 0 aliphatic carbocycles. The van der Waals surface area contributed by atoms with Crippen molar-refractivity contribution in [3.8, 4) is 0 Å². The molecule has 1 spiro atoms. The maximum Gasteiger partial charge on any atom is 0.234 e. The molecule has 2 aliphatic heterocycles. The molecule has 1 atom stereocenters. The average molecular weight is 338 g/mol. The van der Waals surface area contributed by atoms with Crippen molar-refractivity contribution in [2.24, 2.45) is 12.5 Å². The van der Waals surface area contributed by atoms with E-state index in [1.165, 1.54) is 5.56 Å². The highest BCUT2D eigenvalue weighted by molar-refractivity contribution is 5.98. The Hall–Kier alpha value is -2.14.